The Hall–Kier alpha value is -2.05. The number of carbonyl (C=O) groups is 1. The number of aliphatic hydroxyl groups is 1. The molecule has 0 aromatic heterocycles. The standard InChI is InChI=1S/C20H24N2O4/c1-10(23)12-9-22-7-6-20-13-4-3-5-14(24)17(13)21-18(20)16(19(25)26-2)11(12)8-15(20)22/h3-5,10-12,15,21,23-24H,6-9H2,1-2H3/t10-,11+,12-,15+,20?/m1/s1. The van der Waals surface area contributed by atoms with Crippen molar-refractivity contribution in [2.24, 2.45) is 11.8 Å². The van der Waals surface area contributed by atoms with Crippen molar-refractivity contribution in [1.82, 2.24) is 4.90 Å². The van der Waals surface area contributed by atoms with E-state index in [1.807, 2.05) is 13.0 Å². The molecule has 1 aromatic rings. The van der Waals surface area contributed by atoms with Crippen molar-refractivity contribution in [3.8, 4) is 5.75 Å². The molecule has 2 fully saturated rings. The highest BCUT2D eigenvalue weighted by Gasteiger charge is 2.63. The molecule has 3 N–H and O–H groups in total. The Morgan fingerprint density at radius 2 is 2.27 bits per heavy atom. The SMILES string of the molecule is COC(=O)C1=C2Nc3c(O)cccc3C23CCN2C[C@H]([C@@H](C)O)[C@@H]1C[C@H]23. The number of methoxy groups -OCH3 is 1. The molecule has 1 aliphatic carbocycles. The lowest BCUT2D eigenvalue weighted by Gasteiger charge is -2.51. The number of piperidine rings is 1. The fraction of sp³-hybridized carbons (Fsp3) is 0.550. The van der Waals surface area contributed by atoms with E-state index < -0.39 is 6.10 Å². The second-order valence-corrected chi connectivity index (χ2v) is 8.08. The molecule has 1 unspecified atom stereocenters. The Morgan fingerprint density at radius 1 is 1.46 bits per heavy atom. The van der Waals surface area contributed by atoms with Gasteiger partial charge in [0.05, 0.1) is 29.9 Å². The summed E-state index contributed by atoms with van der Waals surface area (Å²) in [7, 11) is 1.41. The number of hydrogen-bond acceptors (Lipinski definition) is 6. The molecule has 6 heteroatoms. The molecule has 3 aliphatic heterocycles. The van der Waals surface area contributed by atoms with Gasteiger partial charge in [-0.1, -0.05) is 12.1 Å². The molecule has 5 rings (SSSR count). The first-order valence-electron chi connectivity index (χ1n) is 9.33. The maximum atomic E-state index is 12.8. The quantitative estimate of drug-likeness (QED) is 0.551. The number of nitrogens with one attached hydrogen (secondary N) is 1. The number of aromatic hydroxyl groups is 1. The van der Waals surface area contributed by atoms with E-state index in [4.69, 9.17) is 4.74 Å². The molecule has 0 radical (unpaired) electrons. The van der Waals surface area contributed by atoms with Gasteiger partial charge >= 0.3 is 5.97 Å². The number of para-hydroxylation sites is 1. The van der Waals surface area contributed by atoms with Crippen molar-refractivity contribution in [3.05, 3.63) is 35.0 Å². The predicted octanol–water partition coefficient (Wildman–Crippen LogP) is 1.59. The van der Waals surface area contributed by atoms with Gasteiger partial charge in [0, 0.05) is 30.1 Å². The monoisotopic (exact) mass is 356 g/mol. The van der Waals surface area contributed by atoms with Gasteiger partial charge in [0.25, 0.3) is 0 Å². The number of fused-ring (bicyclic) bond motifs is 2. The average molecular weight is 356 g/mol. The van der Waals surface area contributed by atoms with Crippen molar-refractivity contribution in [3.63, 3.8) is 0 Å². The Labute approximate surface area is 152 Å². The molecule has 0 saturated carbocycles. The highest BCUT2D eigenvalue weighted by Crippen LogP contribution is 2.62. The highest BCUT2D eigenvalue weighted by molar-refractivity contribution is 5.94. The summed E-state index contributed by atoms with van der Waals surface area (Å²) < 4.78 is 5.16. The predicted molar refractivity (Wildman–Crippen MR) is 95.7 cm³/mol. The zero-order valence-electron chi connectivity index (χ0n) is 15.0. The molecule has 6 nitrogen and oxygen atoms in total. The van der Waals surface area contributed by atoms with E-state index in [1.165, 1.54) is 7.11 Å². The second kappa shape index (κ2) is 5.24. The van der Waals surface area contributed by atoms with E-state index >= 15 is 0 Å². The fourth-order valence-corrected chi connectivity index (χ4v) is 6.03. The van der Waals surface area contributed by atoms with Crippen LogP contribution < -0.4 is 5.32 Å². The minimum Gasteiger partial charge on any atom is -0.506 e. The summed E-state index contributed by atoms with van der Waals surface area (Å²) in [6.07, 6.45) is 1.24. The largest absolute Gasteiger partial charge is 0.506 e. The number of rotatable bonds is 2. The molecule has 4 aliphatic rings. The van der Waals surface area contributed by atoms with Crippen molar-refractivity contribution in [2.75, 3.05) is 25.5 Å². The lowest BCUT2D eigenvalue weighted by molar-refractivity contribution is -0.138. The topological polar surface area (TPSA) is 82.0 Å². The zero-order chi connectivity index (χ0) is 18.2. The third kappa shape index (κ3) is 1.76. The number of benzene rings is 1. The van der Waals surface area contributed by atoms with Crippen LogP contribution in [-0.2, 0) is 14.9 Å². The molecule has 1 aromatic carbocycles. The van der Waals surface area contributed by atoms with Crippen molar-refractivity contribution < 1.29 is 19.7 Å². The molecule has 5 atom stereocenters. The third-order valence-corrected chi connectivity index (χ3v) is 7.13. The summed E-state index contributed by atoms with van der Waals surface area (Å²) in [5, 5.41) is 24.2. The van der Waals surface area contributed by atoms with Crippen LogP contribution in [0.1, 0.15) is 25.3 Å². The lowest BCUT2D eigenvalue weighted by Crippen LogP contribution is -2.57. The van der Waals surface area contributed by atoms with Crippen LogP contribution in [0.5, 0.6) is 5.75 Å². The number of esters is 1. The summed E-state index contributed by atoms with van der Waals surface area (Å²) >= 11 is 0. The van der Waals surface area contributed by atoms with E-state index in [-0.39, 0.29) is 35.0 Å². The molecule has 1 spiro atoms. The van der Waals surface area contributed by atoms with Crippen molar-refractivity contribution >= 4 is 11.7 Å². The number of aliphatic hydroxyl groups excluding tert-OH is 1. The molecule has 138 valence electrons. The van der Waals surface area contributed by atoms with Gasteiger partial charge < -0.3 is 20.3 Å². The van der Waals surface area contributed by atoms with E-state index in [0.29, 0.717) is 11.3 Å². The number of nitrogens with zero attached hydrogens (tertiary/aromatic N) is 1. The molecule has 26 heavy (non-hydrogen) atoms. The van der Waals surface area contributed by atoms with Gasteiger partial charge in [-0.25, -0.2) is 4.79 Å². The Balaban J connectivity index is 1.79. The van der Waals surface area contributed by atoms with Crippen LogP contribution in [0.25, 0.3) is 0 Å². The van der Waals surface area contributed by atoms with E-state index in [0.717, 1.165) is 37.2 Å². The number of phenols is 1. The van der Waals surface area contributed by atoms with Gasteiger partial charge in [-0.3, -0.25) is 4.90 Å². The highest BCUT2D eigenvalue weighted by atomic mass is 16.5. The summed E-state index contributed by atoms with van der Waals surface area (Å²) in [6.45, 7) is 3.52. The van der Waals surface area contributed by atoms with Crippen LogP contribution in [0.4, 0.5) is 5.69 Å². The number of anilines is 1. The normalized spacial score (nSPS) is 35.6. The van der Waals surface area contributed by atoms with Crippen molar-refractivity contribution in [1.29, 1.82) is 0 Å². The van der Waals surface area contributed by atoms with Gasteiger partial charge in [0.1, 0.15) is 5.75 Å². The number of phenolic OH excluding ortho intramolecular Hbond substituents is 1. The van der Waals surface area contributed by atoms with Gasteiger partial charge in [0.2, 0.25) is 0 Å². The van der Waals surface area contributed by atoms with Gasteiger partial charge in [-0.05, 0) is 37.9 Å². The zero-order valence-corrected chi connectivity index (χ0v) is 15.0. The first-order chi connectivity index (χ1) is 12.5. The molecule has 2 bridgehead atoms. The molecule has 2 saturated heterocycles. The first kappa shape index (κ1) is 16.1. The summed E-state index contributed by atoms with van der Waals surface area (Å²) in [5.74, 6) is -0.145. The average Bonchev–Trinajstić information content (AvgIpc) is 3.18. The Kier molecular flexibility index (Phi) is 3.25. The van der Waals surface area contributed by atoms with Crippen molar-refractivity contribution in [2.45, 2.75) is 37.3 Å². The number of hydrogen-bond donors (Lipinski definition) is 3. The summed E-state index contributed by atoms with van der Waals surface area (Å²) in [4.78, 5) is 15.3. The Morgan fingerprint density at radius 3 is 3.00 bits per heavy atom. The number of ether oxygens (including phenoxy) is 1. The van der Waals surface area contributed by atoms with Crippen LogP contribution in [0.15, 0.2) is 29.5 Å². The third-order valence-electron chi connectivity index (χ3n) is 7.13. The summed E-state index contributed by atoms with van der Waals surface area (Å²) in [6, 6.07) is 5.90. The van der Waals surface area contributed by atoms with Crippen LogP contribution in [0, 0.1) is 11.8 Å². The van der Waals surface area contributed by atoms with Gasteiger partial charge in [-0.15, -0.1) is 0 Å². The van der Waals surface area contributed by atoms with Gasteiger partial charge in [-0.2, -0.15) is 0 Å². The van der Waals surface area contributed by atoms with E-state index in [9.17, 15) is 15.0 Å². The van der Waals surface area contributed by atoms with Crippen LogP contribution in [-0.4, -0.2) is 53.4 Å². The molecule has 0 amide bonds. The maximum absolute atomic E-state index is 12.8. The van der Waals surface area contributed by atoms with E-state index in [2.05, 4.69) is 16.3 Å². The van der Waals surface area contributed by atoms with Crippen LogP contribution in [0.2, 0.25) is 0 Å². The first-order valence-corrected chi connectivity index (χ1v) is 9.33. The second-order valence-electron chi connectivity index (χ2n) is 8.08. The lowest BCUT2D eigenvalue weighted by atomic mass is 9.60. The number of carbonyl (C=O) groups excluding carboxylic acids is 1. The molecular formula is C20H24N2O4. The molecular weight excluding hydrogens is 332 g/mol. The molecule has 3 heterocycles. The summed E-state index contributed by atoms with van der Waals surface area (Å²) in [5.41, 5.74) is 3.04. The minimum atomic E-state index is -0.494. The van der Waals surface area contributed by atoms with Crippen LogP contribution >= 0.6 is 0 Å². The Bertz CT molecular complexity index is 833. The van der Waals surface area contributed by atoms with Gasteiger partial charge in [0.15, 0.2) is 0 Å². The maximum Gasteiger partial charge on any atom is 0.335 e. The van der Waals surface area contributed by atoms with E-state index in [1.54, 1.807) is 6.07 Å². The fourth-order valence-electron chi connectivity index (χ4n) is 6.03. The smallest absolute Gasteiger partial charge is 0.335 e. The minimum absolute atomic E-state index is 0.00283. The van der Waals surface area contributed by atoms with Crippen LogP contribution in [0.3, 0.4) is 0 Å².